The molecule has 1 aliphatic heterocycles. The standard InChI is InChI=1S/C15H20N4O2/c1-3-11(2)19(10-12-6-8-16-9-7-12)15(21)13-4-5-14(20)18-17-13/h6-9,11H,3-5,10H2,1-2H3,(H,18,20)/t11-/m1/s1. The molecule has 1 aromatic rings. The number of carbonyl (C=O) groups is 2. The molecule has 0 unspecified atom stereocenters. The van der Waals surface area contributed by atoms with Gasteiger partial charge in [0.1, 0.15) is 5.71 Å². The highest BCUT2D eigenvalue weighted by Crippen LogP contribution is 2.13. The van der Waals surface area contributed by atoms with Crippen LogP contribution in [0.2, 0.25) is 0 Å². The number of aromatic nitrogens is 1. The van der Waals surface area contributed by atoms with Crippen LogP contribution < -0.4 is 5.43 Å². The molecule has 1 aromatic heterocycles. The Hall–Kier alpha value is -2.24. The van der Waals surface area contributed by atoms with Gasteiger partial charge in [0.2, 0.25) is 5.91 Å². The molecule has 2 amide bonds. The van der Waals surface area contributed by atoms with E-state index in [1.54, 1.807) is 17.3 Å². The van der Waals surface area contributed by atoms with E-state index >= 15 is 0 Å². The molecular formula is C15H20N4O2. The van der Waals surface area contributed by atoms with Crippen molar-refractivity contribution in [2.75, 3.05) is 0 Å². The van der Waals surface area contributed by atoms with Gasteiger partial charge in [0, 0.05) is 37.8 Å². The van der Waals surface area contributed by atoms with Crippen molar-refractivity contribution >= 4 is 17.5 Å². The molecule has 1 atom stereocenters. The first-order valence-corrected chi connectivity index (χ1v) is 7.17. The summed E-state index contributed by atoms with van der Waals surface area (Å²) in [6, 6.07) is 3.89. The lowest BCUT2D eigenvalue weighted by atomic mass is 10.1. The van der Waals surface area contributed by atoms with E-state index in [9.17, 15) is 9.59 Å². The maximum absolute atomic E-state index is 12.6. The van der Waals surface area contributed by atoms with Gasteiger partial charge in [0.05, 0.1) is 0 Å². The zero-order valence-corrected chi connectivity index (χ0v) is 12.4. The number of nitrogens with one attached hydrogen (secondary N) is 1. The zero-order valence-electron chi connectivity index (χ0n) is 12.4. The number of amides is 2. The summed E-state index contributed by atoms with van der Waals surface area (Å²) >= 11 is 0. The Morgan fingerprint density at radius 3 is 2.67 bits per heavy atom. The summed E-state index contributed by atoms with van der Waals surface area (Å²) in [6.07, 6.45) is 5.00. The van der Waals surface area contributed by atoms with Crippen LogP contribution >= 0.6 is 0 Å². The van der Waals surface area contributed by atoms with Crippen molar-refractivity contribution < 1.29 is 9.59 Å². The summed E-state index contributed by atoms with van der Waals surface area (Å²) < 4.78 is 0. The number of hydrogen-bond acceptors (Lipinski definition) is 4. The first kappa shape index (κ1) is 15.2. The van der Waals surface area contributed by atoms with Crippen molar-refractivity contribution in [3.63, 3.8) is 0 Å². The van der Waals surface area contributed by atoms with Crippen LogP contribution in [-0.4, -0.2) is 33.5 Å². The van der Waals surface area contributed by atoms with Crippen molar-refractivity contribution in [2.24, 2.45) is 5.10 Å². The van der Waals surface area contributed by atoms with Crippen molar-refractivity contribution in [3.05, 3.63) is 30.1 Å². The minimum absolute atomic E-state index is 0.103. The fourth-order valence-corrected chi connectivity index (χ4v) is 2.13. The average molecular weight is 288 g/mol. The Bertz CT molecular complexity index is 542. The summed E-state index contributed by atoms with van der Waals surface area (Å²) in [5.41, 5.74) is 3.83. The van der Waals surface area contributed by atoms with Gasteiger partial charge in [-0.15, -0.1) is 0 Å². The molecule has 0 radical (unpaired) electrons. The molecule has 0 aromatic carbocycles. The lowest BCUT2D eigenvalue weighted by Crippen LogP contribution is -2.44. The number of hydrazone groups is 1. The number of pyridine rings is 1. The van der Waals surface area contributed by atoms with Crippen molar-refractivity contribution in [2.45, 2.75) is 45.7 Å². The fraction of sp³-hybridized carbons (Fsp3) is 0.467. The van der Waals surface area contributed by atoms with Crippen LogP contribution in [0.15, 0.2) is 29.6 Å². The molecule has 2 heterocycles. The maximum atomic E-state index is 12.6. The van der Waals surface area contributed by atoms with E-state index in [0.29, 0.717) is 25.1 Å². The highest BCUT2D eigenvalue weighted by atomic mass is 16.2. The van der Waals surface area contributed by atoms with Crippen LogP contribution in [0.5, 0.6) is 0 Å². The number of hydrogen-bond donors (Lipinski definition) is 1. The van der Waals surface area contributed by atoms with Crippen LogP contribution in [0.1, 0.15) is 38.7 Å². The molecule has 0 spiro atoms. The second-order valence-corrected chi connectivity index (χ2v) is 5.14. The third-order valence-corrected chi connectivity index (χ3v) is 3.64. The molecule has 1 N–H and O–H groups in total. The lowest BCUT2D eigenvalue weighted by Gasteiger charge is -2.29. The lowest BCUT2D eigenvalue weighted by molar-refractivity contribution is -0.127. The summed E-state index contributed by atoms with van der Waals surface area (Å²) in [5.74, 6) is -0.253. The van der Waals surface area contributed by atoms with E-state index < -0.39 is 0 Å². The van der Waals surface area contributed by atoms with E-state index in [1.807, 2.05) is 26.0 Å². The molecule has 6 heteroatoms. The van der Waals surface area contributed by atoms with Crippen LogP contribution in [0.25, 0.3) is 0 Å². The van der Waals surface area contributed by atoms with Crippen LogP contribution in [0, 0.1) is 0 Å². The molecular weight excluding hydrogens is 268 g/mol. The van der Waals surface area contributed by atoms with Crippen LogP contribution in [0.3, 0.4) is 0 Å². The average Bonchev–Trinajstić information content (AvgIpc) is 2.53. The maximum Gasteiger partial charge on any atom is 0.270 e. The number of rotatable bonds is 5. The minimum atomic E-state index is -0.143. The van der Waals surface area contributed by atoms with E-state index in [0.717, 1.165) is 12.0 Å². The quantitative estimate of drug-likeness (QED) is 0.891. The highest BCUT2D eigenvalue weighted by molar-refractivity contribution is 6.39. The Morgan fingerprint density at radius 1 is 1.38 bits per heavy atom. The predicted octanol–water partition coefficient (Wildman–Crippen LogP) is 1.47. The highest BCUT2D eigenvalue weighted by Gasteiger charge is 2.26. The van der Waals surface area contributed by atoms with Crippen molar-refractivity contribution in [1.82, 2.24) is 15.3 Å². The SMILES string of the molecule is CC[C@@H](C)N(Cc1ccncc1)C(=O)C1=NNC(=O)CC1. The first-order chi connectivity index (χ1) is 10.1. The van der Waals surface area contributed by atoms with E-state index in [2.05, 4.69) is 15.5 Å². The van der Waals surface area contributed by atoms with Gasteiger partial charge in [-0.2, -0.15) is 5.10 Å². The molecule has 1 aliphatic rings. The smallest absolute Gasteiger partial charge is 0.270 e. The van der Waals surface area contributed by atoms with Gasteiger partial charge in [0.15, 0.2) is 0 Å². The molecule has 0 saturated carbocycles. The van der Waals surface area contributed by atoms with Gasteiger partial charge in [0.25, 0.3) is 5.91 Å². The van der Waals surface area contributed by atoms with Crippen molar-refractivity contribution in [3.8, 4) is 0 Å². The first-order valence-electron chi connectivity index (χ1n) is 7.17. The Kier molecular flexibility index (Phi) is 5.03. The summed E-state index contributed by atoms with van der Waals surface area (Å²) in [4.78, 5) is 29.6. The van der Waals surface area contributed by atoms with Gasteiger partial charge in [-0.25, -0.2) is 5.43 Å². The van der Waals surface area contributed by atoms with Crippen molar-refractivity contribution in [1.29, 1.82) is 0 Å². The molecule has 2 rings (SSSR count). The van der Waals surface area contributed by atoms with Crippen LogP contribution in [0.4, 0.5) is 0 Å². The molecule has 0 fully saturated rings. The molecule has 112 valence electrons. The van der Waals surface area contributed by atoms with E-state index in [4.69, 9.17) is 0 Å². The summed E-state index contributed by atoms with van der Waals surface area (Å²) in [5, 5.41) is 3.90. The molecule has 0 aliphatic carbocycles. The number of nitrogens with zero attached hydrogens (tertiary/aromatic N) is 3. The van der Waals surface area contributed by atoms with Gasteiger partial charge in [-0.3, -0.25) is 14.6 Å². The predicted molar refractivity (Wildman–Crippen MR) is 79.4 cm³/mol. The van der Waals surface area contributed by atoms with E-state index in [-0.39, 0.29) is 17.9 Å². The largest absolute Gasteiger partial charge is 0.331 e. The van der Waals surface area contributed by atoms with Gasteiger partial charge >= 0.3 is 0 Å². The second-order valence-electron chi connectivity index (χ2n) is 5.14. The van der Waals surface area contributed by atoms with Gasteiger partial charge < -0.3 is 4.90 Å². The third kappa shape index (κ3) is 3.87. The monoisotopic (exact) mass is 288 g/mol. The van der Waals surface area contributed by atoms with E-state index in [1.165, 1.54) is 0 Å². The van der Waals surface area contributed by atoms with Gasteiger partial charge in [-0.1, -0.05) is 6.92 Å². The Morgan fingerprint density at radius 2 is 2.10 bits per heavy atom. The fourth-order valence-electron chi connectivity index (χ4n) is 2.13. The normalized spacial score (nSPS) is 15.9. The molecule has 21 heavy (non-hydrogen) atoms. The van der Waals surface area contributed by atoms with Gasteiger partial charge in [-0.05, 0) is 31.0 Å². The second kappa shape index (κ2) is 6.97. The Labute approximate surface area is 124 Å². The van der Waals surface area contributed by atoms with Crippen LogP contribution in [-0.2, 0) is 16.1 Å². The molecule has 0 bridgehead atoms. The summed E-state index contributed by atoms with van der Waals surface area (Å²) in [6.45, 7) is 4.58. The Balaban J connectivity index is 2.16. The summed E-state index contributed by atoms with van der Waals surface area (Å²) in [7, 11) is 0. The zero-order chi connectivity index (χ0) is 15.2. The topological polar surface area (TPSA) is 74.7 Å². The number of carbonyl (C=O) groups excluding carboxylic acids is 2. The molecule has 0 saturated heterocycles. The third-order valence-electron chi connectivity index (χ3n) is 3.64. The minimum Gasteiger partial charge on any atom is -0.331 e. The molecule has 6 nitrogen and oxygen atoms in total.